The first-order valence-electron chi connectivity index (χ1n) is 10.0. The maximum Gasteiger partial charge on any atom is 0.416 e. The average Bonchev–Trinajstić information content (AvgIpc) is 2.83. The van der Waals surface area contributed by atoms with Crippen LogP contribution in [0.1, 0.15) is 27.0 Å². The van der Waals surface area contributed by atoms with Crippen molar-refractivity contribution in [1.29, 1.82) is 0 Å². The minimum atomic E-state index is -5.11. The Labute approximate surface area is 204 Å². The third kappa shape index (κ3) is 6.74. The maximum atomic E-state index is 13.0. The van der Waals surface area contributed by atoms with Gasteiger partial charge in [-0.15, -0.1) is 0 Å². The SMILES string of the molecule is COc1cc(/C=N\NC(=O)c2cc(C(F)(F)F)cc(C(F)(F)F)c2)ccc1Oc1ccccc1[N+](=O)[O-]. The normalized spacial score (nSPS) is 11.9. The Kier molecular flexibility index (Phi) is 7.70. The van der Waals surface area contributed by atoms with Gasteiger partial charge in [-0.25, -0.2) is 5.43 Å². The van der Waals surface area contributed by atoms with Crippen LogP contribution in [0.4, 0.5) is 32.0 Å². The molecule has 0 heterocycles. The van der Waals surface area contributed by atoms with E-state index in [2.05, 4.69) is 5.10 Å². The summed E-state index contributed by atoms with van der Waals surface area (Å²) in [5, 5.41) is 14.7. The highest BCUT2D eigenvalue weighted by Crippen LogP contribution is 2.37. The number of nitrogens with one attached hydrogen (secondary N) is 1. The summed E-state index contributed by atoms with van der Waals surface area (Å²) in [5.74, 6) is -1.15. The van der Waals surface area contributed by atoms with Gasteiger partial charge in [-0.3, -0.25) is 14.9 Å². The Morgan fingerprint density at radius 2 is 1.54 bits per heavy atom. The summed E-state index contributed by atoms with van der Waals surface area (Å²) in [7, 11) is 1.29. The molecular formula is C23H15F6N3O5. The summed E-state index contributed by atoms with van der Waals surface area (Å²) in [6.07, 6.45) is -9.17. The Morgan fingerprint density at radius 1 is 0.919 bits per heavy atom. The van der Waals surface area contributed by atoms with Gasteiger partial charge in [0.1, 0.15) is 0 Å². The minimum Gasteiger partial charge on any atom is -0.493 e. The van der Waals surface area contributed by atoms with Gasteiger partial charge in [-0.1, -0.05) is 12.1 Å². The van der Waals surface area contributed by atoms with Gasteiger partial charge in [-0.2, -0.15) is 31.4 Å². The Balaban J connectivity index is 1.79. The molecule has 0 aliphatic rings. The molecule has 3 rings (SSSR count). The molecule has 194 valence electrons. The monoisotopic (exact) mass is 527 g/mol. The zero-order chi connectivity index (χ0) is 27.4. The molecule has 37 heavy (non-hydrogen) atoms. The fraction of sp³-hybridized carbons (Fsp3) is 0.130. The highest BCUT2D eigenvalue weighted by molar-refractivity contribution is 5.95. The Morgan fingerprint density at radius 3 is 2.11 bits per heavy atom. The lowest BCUT2D eigenvalue weighted by atomic mass is 10.0. The van der Waals surface area contributed by atoms with Crippen molar-refractivity contribution >= 4 is 17.8 Å². The van der Waals surface area contributed by atoms with E-state index in [-0.39, 0.29) is 46.7 Å². The van der Waals surface area contributed by atoms with Crippen LogP contribution in [0.25, 0.3) is 0 Å². The summed E-state index contributed by atoms with van der Waals surface area (Å²) >= 11 is 0. The molecule has 1 N–H and O–H groups in total. The number of hydrazone groups is 1. The topological polar surface area (TPSA) is 103 Å². The highest BCUT2D eigenvalue weighted by Gasteiger charge is 2.37. The van der Waals surface area contributed by atoms with Crippen LogP contribution in [-0.2, 0) is 12.4 Å². The number of methoxy groups -OCH3 is 1. The van der Waals surface area contributed by atoms with Crippen molar-refractivity contribution in [3.8, 4) is 17.2 Å². The van der Waals surface area contributed by atoms with Crippen LogP contribution in [0, 0.1) is 10.1 Å². The third-order valence-electron chi connectivity index (χ3n) is 4.70. The Hall–Kier alpha value is -4.62. The number of benzene rings is 3. The van der Waals surface area contributed by atoms with E-state index in [1.165, 1.54) is 49.6 Å². The van der Waals surface area contributed by atoms with Gasteiger partial charge in [0.2, 0.25) is 5.75 Å². The van der Waals surface area contributed by atoms with Crippen LogP contribution in [-0.4, -0.2) is 24.2 Å². The number of carbonyl (C=O) groups excluding carboxylic acids is 1. The van der Waals surface area contributed by atoms with Crippen molar-refractivity contribution in [3.05, 3.63) is 93.0 Å². The van der Waals surface area contributed by atoms with Crippen LogP contribution in [0.15, 0.2) is 65.8 Å². The number of halogens is 6. The van der Waals surface area contributed by atoms with E-state index in [0.29, 0.717) is 0 Å². The molecule has 0 bridgehead atoms. The van der Waals surface area contributed by atoms with E-state index in [4.69, 9.17) is 9.47 Å². The summed E-state index contributed by atoms with van der Waals surface area (Å²) < 4.78 is 88.7. The number of hydrogen-bond acceptors (Lipinski definition) is 6. The lowest BCUT2D eigenvalue weighted by molar-refractivity contribution is -0.385. The number of carbonyl (C=O) groups is 1. The lowest BCUT2D eigenvalue weighted by Crippen LogP contribution is -2.20. The first kappa shape index (κ1) is 27.0. The lowest BCUT2D eigenvalue weighted by Gasteiger charge is -2.13. The molecule has 3 aromatic rings. The van der Waals surface area contributed by atoms with Crippen LogP contribution in [0.5, 0.6) is 17.2 Å². The molecule has 3 aromatic carbocycles. The molecule has 0 fully saturated rings. The molecule has 0 aliphatic heterocycles. The van der Waals surface area contributed by atoms with E-state index in [0.717, 1.165) is 6.21 Å². The second kappa shape index (κ2) is 10.6. The molecular weight excluding hydrogens is 512 g/mol. The highest BCUT2D eigenvalue weighted by atomic mass is 19.4. The fourth-order valence-electron chi connectivity index (χ4n) is 2.98. The van der Waals surface area contributed by atoms with Crippen molar-refractivity contribution < 1.29 is 45.5 Å². The van der Waals surface area contributed by atoms with Crippen LogP contribution >= 0.6 is 0 Å². The second-order valence-corrected chi connectivity index (χ2v) is 7.23. The number of ether oxygens (including phenoxy) is 2. The smallest absolute Gasteiger partial charge is 0.416 e. The number of rotatable bonds is 7. The molecule has 0 saturated heterocycles. The molecule has 14 heteroatoms. The average molecular weight is 527 g/mol. The first-order valence-corrected chi connectivity index (χ1v) is 10.0. The largest absolute Gasteiger partial charge is 0.493 e. The molecule has 0 aliphatic carbocycles. The van der Waals surface area contributed by atoms with E-state index >= 15 is 0 Å². The van der Waals surface area contributed by atoms with E-state index in [1.807, 2.05) is 5.43 Å². The number of nitro groups is 1. The molecule has 0 atom stereocenters. The summed E-state index contributed by atoms with van der Waals surface area (Å²) in [5.41, 5.74) is -2.33. The predicted octanol–water partition coefficient (Wildman–Crippen LogP) is 6.20. The number of nitro benzene ring substituents is 1. The standard InChI is InChI=1S/C23H15F6N3O5/c1-36-20-8-13(6-7-19(20)37-18-5-3-2-4-17(18)32(34)35)12-30-31-21(33)14-9-15(22(24,25)26)11-16(10-14)23(27,28)29/h2-12H,1H3,(H,31,33)/b30-12-. The van der Waals surface area contributed by atoms with Crippen molar-refractivity contribution in [3.63, 3.8) is 0 Å². The van der Waals surface area contributed by atoms with Crippen molar-refractivity contribution in [2.75, 3.05) is 7.11 Å². The third-order valence-corrected chi connectivity index (χ3v) is 4.70. The van der Waals surface area contributed by atoms with Crippen molar-refractivity contribution in [1.82, 2.24) is 5.43 Å². The van der Waals surface area contributed by atoms with Gasteiger partial charge in [0.25, 0.3) is 5.91 Å². The maximum absolute atomic E-state index is 13.0. The molecule has 0 unspecified atom stereocenters. The predicted molar refractivity (Wildman–Crippen MR) is 118 cm³/mol. The second-order valence-electron chi connectivity index (χ2n) is 7.23. The summed E-state index contributed by atoms with van der Waals surface area (Å²) in [6, 6.07) is 10.2. The molecule has 0 radical (unpaired) electrons. The van der Waals surface area contributed by atoms with Gasteiger partial charge < -0.3 is 9.47 Å². The number of para-hydroxylation sites is 2. The molecule has 8 nitrogen and oxygen atoms in total. The fourth-order valence-corrected chi connectivity index (χ4v) is 2.98. The zero-order valence-corrected chi connectivity index (χ0v) is 18.6. The number of amides is 1. The van der Waals surface area contributed by atoms with Gasteiger partial charge in [0.05, 0.1) is 29.4 Å². The number of alkyl halides is 6. The quantitative estimate of drug-likeness (QED) is 0.171. The van der Waals surface area contributed by atoms with Gasteiger partial charge >= 0.3 is 18.0 Å². The first-order chi connectivity index (χ1) is 17.3. The van der Waals surface area contributed by atoms with E-state index in [9.17, 15) is 41.3 Å². The van der Waals surface area contributed by atoms with Gasteiger partial charge in [0.15, 0.2) is 11.5 Å². The summed E-state index contributed by atoms with van der Waals surface area (Å²) in [4.78, 5) is 22.7. The van der Waals surface area contributed by atoms with Crippen LogP contribution < -0.4 is 14.9 Å². The molecule has 0 saturated carbocycles. The Bertz CT molecular complexity index is 1320. The van der Waals surface area contributed by atoms with Crippen LogP contribution in [0.3, 0.4) is 0 Å². The van der Waals surface area contributed by atoms with Gasteiger partial charge in [-0.05, 0) is 48.0 Å². The van der Waals surface area contributed by atoms with E-state index in [1.54, 1.807) is 0 Å². The molecule has 0 aromatic heterocycles. The van der Waals surface area contributed by atoms with Crippen molar-refractivity contribution in [2.45, 2.75) is 12.4 Å². The molecule has 0 spiro atoms. The van der Waals surface area contributed by atoms with Gasteiger partial charge in [0, 0.05) is 11.6 Å². The number of nitrogens with zero attached hydrogens (tertiary/aromatic N) is 2. The minimum absolute atomic E-state index is 0.0567. The van der Waals surface area contributed by atoms with Crippen LogP contribution in [0.2, 0.25) is 0 Å². The molecule has 1 amide bonds. The number of hydrogen-bond donors (Lipinski definition) is 1. The van der Waals surface area contributed by atoms with E-state index < -0.39 is 39.9 Å². The summed E-state index contributed by atoms with van der Waals surface area (Å²) in [6.45, 7) is 0. The zero-order valence-electron chi connectivity index (χ0n) is 18.6. The van der Waals surface area contributed by atoms with Crippen molar-refractivity contribution in [2.24, 2.45) is 5.10 Å².